The van der Waals surface area contributed by atoms with Crippen molar-refractivity contribution >= 4 is 40.5 Å². The third-order valence-electron chi connectivity index (χ3n) is 6.08. The van der Waals surface area contributed by atoms with Crippen LogP contribution in [0.2, 0.25) is 0 Å². The molecule has 0 unspecified atom stereocenters. The Balaban J connectivity index is 1.66. The summed E-state index contributed by atoms with van der Waals surface area (Å²) in [4.78, 5) is 31.3. The molecule has 0 radical (unpaired) electrons. The van der Waals surface area contributed by atoms with Crippen LogP contribution in [0.5, 0.6) is 0 Å². The largest absolute Gasteiger partial charge is 0.477 e. The summed E-state index contributed by atoms with van der Waals surface area (Å²) in [5, 5.41) is 25.2. The van der Waals surface area contributed by atoms with Crippen LogP contribution in [0.25, 0.3) is 5.57 Å². The number of aliphatic hydroxyl groups is 1. The number of nitrogens with zero attached hydrogens (tertiary/aromatic N) is 2. The lowest BCUT2D eigenvalue weighted by Gasteiger charge is -2.55. The molecule has 0 spiro atoms. The highest BCUT2D eigenvalue weighted by Gasteiger charge is 2.68. The molecule has 3 aliphatic rings. The molecule has 1 aromatic heterocycles. The van der Waals surface area contributed by atoms with Gasteiger partial charge in [0.1, 0.15) is 5.70 Å². The number of aromatic nitrogens is 1. The van der Waals surface area contributed by atoms with Crippen molar-refractivity contribution in [3.05, 3.63) is 27.8 Å². The highest BCUT2D eigenvalue weighted by Crippen LogP contribution is 2.58. The lowest BCUT2D eigenvalue weighted by atomic mass is 9.67. The van der Waals surface area contributed by atoms with E-state index in [0.717, 1.165) is 29.5 Å². The maximum Gasteiger partial charge on any atom is 0.353 e. The first-order chi connectivity index (χ1) is 13.3. The van der Waals surface area contributed by atoms with E-state index in [1.165, 1.54) is 33.6 Å². The number of aliphatic hydroxyl groups excluding tert-OH is 1. The Bertz CT molecular complexity index is 907. The number of rotatable bonds is 5. The van der Waals surface area contributed by atoms with Crippen LogP contribution in [-0.4, -0.2) is 56.7 Å². The molecule has 0 aromatic carbocycles. The zero-order valence-electron chi connectivity index (χ0n) is 15.9. The van der Waals surface area contributed by atoms with Crippen molar-refractivity contribution in [3.8, 4) is 0 Å². The van der Waals surface area contributed by atoms with Crippen molar-refractivity contribution in [2.24, 2.45) is 11.8 Å². The molecule has 1 fully saturated rings. The van der Waals surface area contributed by atoms with Crippen molar-refractivity contribution in [1.29, 1.82) is 0 Å². The Labute approximate surface area is 171 Å². The third kappa shape index (κ3) is 2.75. The molecule has 1 aromatic rings. The molecular weight excluding hydrogens is 398 g/mol. The Morgan fingerprint density at radius 3 is 2.89 bits per heavy atom. The molecule has 4 rings (SSSR count). The average molecular weight is 422 g/mol. The minimum Gasteiger partial charge on any atom is -0.477 e. The van der Waals surface area contributed by atoms with E-state index >= 15 is 0 Å². The number of fused-ring (bicyclic) bond motifs is 1. The van der Waals surface area contributed by atoms with Gasteiger partial charge < -0.3 is 15.5 Å². The Morgan fingerprint density at radius 1 is 1.54 bits per heavy atom. The van der Waals surface area contributed by atoms with Gasteiger partial charge in [0.15, 0.2) is 4.34 Å². The zero-order chi connectivity index (χ0) is 20.2. The predicted molar refractivity (Wildman–Crippen MR) is 108 cm³/mol. The summed E-state index contributed by atoms with van der Waals surface area (Å²) >= 11 is 2.82. The van der Waals surface area contributed by atoms with Gasteiger partial charge in [-0.3, -0.25) is 9.69 Å². The fourth-order valence-corrected chi connectivity index (χ4v) is 6.72. The van der Waals surface area contributed by atoms with Gasteiger partial charge in [0, 0.05) is 22.7 Å². The lowest BCUT2D eigenvalue weighted by molar-refractivity contribution is -0.177. The topological polar surface area (TPSA) is 103 Å². The van der Waals surface area contributed by atoms with Gasteiger partial charge in [-0.2, -0.15) is 0 Å². The van der Waals surface area contributed by atoms with Crippen molar-refractivity contribution in [2.45, 2.75) is 43.2 Å². The molecule has 0 saturated carbocycles. The molecule has 9 heteroatoms. The number of carbonyl (C=O) groups excluding carboxylic acids is 1. The Hall–Kier alpha value is -1.68. The standard InChI is InChI=1S/C19H23N3O4S2/c1-9-15(28-18-21-12(8-27-18)11-4-6-20-7-5-11)14(17(25)26)22-16(24)13(10(2)23)19(9,22)3/h4,8-10,13,20,23H,5-7H2,1-3H3,(H,25,26)/t9-,10+,13-,19+/m0/s1. The summed E-state index contributed by atoms with van der Waals surface area (Å²) in [5.41, 5.74) is 1.44. The summed E-state index contributed by atoms with van der Waals surface area (Å²) in [5.74, 6) is -2.24. The summed E-state index contributed by atoms with van der Waals surface area (Å²) in [6.07, 6.45) is 2.23. The van der Waals surface area contributed by atoms with Gasteiger partial charge in [0.25, 0.3) is 0 Å². The first kappa shape index (κ1) is 19.6. The highest BCUT2D eigenvalue weighted by atomic mass is 32.2. The second-order valence-electron chi connectivity index (χ2n) is 7.64. The quantitative estimate of drug-likeness (QED) is 0.626. The van der Waals surface area contributed by atoms with Crippen LogP contribution >= 0.6 is 23.1 Å². The summed E-state index contributed by atoms with van der Waals surface area (Å²) in [7, 11) is 0. The van der Waals surface area contributed by atoms with Gasteiger partial charge in [0.05, 0.1) is 23.3 Å². The molecule has 3 N–H and O–H groups in total. The van der Waals surface area contributed by atoms with E-state index in [1.54, 1.807) is 6.92 Å². The first-order valence-electron chi connectivity index (χ1n) is 9.30. The van der Waals surface area contributed by atoms with E-state index < -0.39 is 23.5 Å². The Morgan fingerprint density at radius 2 is 2.29 bits per heavy atom. The van der Waals surface area contributed by atoms with Gasteiger partial charge >= 0.3 is 5.97 Å². The SMILES string of the molecule is C[C@@H](O)[C@H]1C(=O)N2C(C(=O)O)=C(Sc3nc(C4=CCNCC4)cs3)[C@H](C)[C@]12C. The van der Waals surface area contributed by atoms with Crippen LogP contribution in [0.3, 0.4) is 0 Å². The monoisotopic (exact) mass is 421 g/mol. The smallest absolute Gasteiger partial charge is 0.353 e. The summed E-state index contributed by atoms with van der Waals surface area (Å²) in [6, 6.07) is 0. The number of aliphatic carboxylic acids is 1. The molecule has 0 aliphatic carbocycles. The Kier molecular flexibility index (Phi) is 4.89. The number of carboxylic acids is 1. The molecule has 0 bridgehead atoms. The average Bonchev–Trinajstić information content (AvgIpc) is 3.18. The van der Waals surface area contributed by atoms with Gasteiger partial charge in [-0.25, -0.2) is 9.78 Å². The number of nitrogens with one attached hydrogen (secondary N) is 1. The molecule has 7 nitrogen and oxygen atoms in total. The van der Waals surface area contributed by atoms with Gasteiger partial charge in [-0.1, -0.05) is 24.8 Å². The first-order valence-corrected chi connectivity index (χ1v) is 11.0. The van der Waals surface area contributed by atoms with Crippen LogP contribution < -0.4 is 5.32 Å². The minimum absolute atomic E-state index is 0.0275. The van der Waals surface area contributed by atoms with Crippen LogP contribution in [0.4, 0.5) is 0 Å². The molecule has 1 amide bonds. The second kappa shape index (κ2) is 6.98. The maximum atomic E-state index is 12.6. The number of β-lactam (4-membered cyclic amide) rings is 1. The molecule has 1 saturated heterocycles. The van der Waals surface area contributed by atoms with E-state index in [4.69, 9.17) is 4.98 Å². The summed E-state index contributed by atoms with van der Waals surface area (Å²) in [6.45, 7) is 7.13. The number of carboxylic acid groups (broad SMARTS) is 1. The van der Waals surface area contributed by atoms with E-state index in [-0.39, 0.29) is 17.5 Å². The zero-order valence-corrected chi connectivity index (χ0v) is 17.6. The normalized spacial score (nSPS) is 30.8. The van der Waals surface area contributed by atoms with Crippen LogP contribution in [0.1, 0.15) is 32.9 Å². The van der Waals surface area contributed by atoms with Crippen LogP contribution in [0, 0.1) is 11.8 Å². The van der Waals surface area contributed by atoms with E-state index in [0.29, 0.717) is 4.91 Å². The third-order valence-corrected chi connectivity index (χ3v) is 8.29. The van der Waals surface area contributed by atoms with Crippen LogP contribution in [0.15, 0.2) is 26.4 Å². The second-order valence-corrected chi connectivity index (χ2v) is 9.79. The van der Waals surface area contributed by atoms with Crippen molar-refractivity contribution in [2.75, 3.05) is 13.1 Å². The van der Waals surface area contributed by atoms with Gasteiger partial charge in [-0.05, 0) is 32.4 Å². The van der Waals surface area contributed by atoms with E-state index in [9.17, 15) is 19.8 Å². The molecule has 3 aliphatic heterocycles. The van der Waals surface area contributed by atoms with Crippen molar-refractivity contribution in [1.82, 2.24) is 15.2 Å². The lowest BCUT2D eigenvalue weighted by Crippen LogP contribution is -2.71. The molecule has 150 valence electrons. The summed E-state index contributed by atoms with van der Waals surface area (Å²) < 4.78 is 0.766. The highest BCUT2D eigenvalue weighted by molar-refractivity contribution is 8.04. The molecule has 28 heavy (non-hydrogen) atoms. The van der Waals surface area contributed by atoms with E-state index in [2.05, 4.69) is 11.4 Å². The van der Waals surface area contributed by atoms with Crippen molar-refractivity contribution in [3.63, 3.8) is 0 Å². The van der Waals surface area contributed by atoms with Crippen LogP contribution in [-0.2, 0) is 9.59 Å². The maximum absolute atomic E-state index is 12.6. The van der Waals surface area contributed by atoms with E-state index in [1.807, 2.05) is 19.2 Å². The fraction of sp³-hybridized carbons (Fsp3) is 0.526. The number of amides is 1. The minimum atomic E-state index is -1.12. The van der Waals surface area contributed by atoms with Crippen molar-refractivity contribution < 1.29 is 19.8 Å². The van der Waals surface area contributed by atoms with Gasteiger partial charge in [-0.15, -0.1) is 11.3 Å². The van der Waals surface area contributed by atoms with Gasteiger partial charge in [0.2, 0.25) is 5.91 Å². The number of thioether (sulfide) groups is 1. The fourth-order valence-electron chi connectivity index (χ4n) is 4.53. The predicted octanol–water partition coefficient (Wildman–Crippen LogP) is 2.16. The number of hydrogen-bond donors (Lipinski definition) is 3. The molecular formula is C19H23N3O4S2. The number of hydrogen-bond acceptors (Lipinski definition) is 7. The number of carbonyl (C=O) groups is 2. The number of thiazole rings is 1. The molecule has 4 heterocycles. The molecule has 4 atom stereocenters.